The van der Waals surface area contributed by atoms with Crippen molar-refractivity contribution >= 4 is 31.9 Å². The molecule has 0 saturated carbocycles. The van der Waals surface area contributed by atoms with Crippen molar-refractivity contribution in [2.24, 2.45) is 0 Å². The molecule has 1 unspecified atom stereocenters. The summed E-state index contributed by atoms with van der Waals surface area (Å²) in [5, 5.41) is 3.63. The van der Waals surface area contributed by atoms with Crippen LogP contribution in [-0.2, 0) is 0 Å². The van der Waals surface area contributed by atoms with Gasteiger partial charge in [0.05, 0.1) is 0 Å². The maximum absolute atomic E-state index is 3.70. The van der Waals surface area contributed by atoms with Crippen molar-refractivity contribution in [3.63, 3.8) is 0 Å². The van der Waals surface area contributed by atoms with Crippen molar-refractivity contribution in [1.82, 2.24) is 5.32 Å². The van der Waals surface area contributed by atoms with E-state index in [4.69, 9.17) is 0 Å². The van der Waals surface area contributed by atoms with Crippen LogP contribution in [0, 0.1) is 0 Å². The lowest BCUT2D eigenvalue weighted by Gasteiger charge is -2.20. The zero-order valence-corrected chi connectivity index (χ0v) is 16.6. The van der Waals surface area contributed by atoms with E-state index in [2.05, 4.69) is 69.2 Å². The number of nitrogens with one attached hydrogen (secondary N) is 1. The van der Waals surface area contributed by atoms with E-state index in [-0.39, 0.29) is 0 Å². The van der Waals surface area contributed by atoms with E-state index in [1.54, 1.807) is 0 Å². The average molecular weight is 419 g/mol. The molecule has 3 heteroatoms. The molecule has 0 amide bonds. The molecular weight excluding hydrogens is 390 g/mol. The fraction of sp³-hybridized carbons (Fsp3) is 0.667. The predicted molar refractivity (Wildman–Crippen MR) is 101 cm³/mol. The van der Waals surface area contributed by atoms with Crippen LogP contribution in [0.1, 0.15) is 76.8 Å². The summed E-state index contributed by atoms with van der Waals surface area (Å²) in [5.41, 5.74) is 1.38. The molecule has 1 rings (SSSR count). The fourth-order valence-corrected chi connectivity index (χ4v) is 4.03. The number of rotatable bonds is 11. The standard InChI is InChI=1S/C18H29Br2N/c1-3-5-6-7-8-9-10-11-18(21-4-2)16-13-12-15(19)14-17(16)20/h12-14,18,21H,3-11H2,1-2H3. The van der Waals surface area contributed by atoms with Gasteiger partial charge in [-0.1, -0.05) is 96.7 Å². The second kappa shape index (κ2) is 11.7. The first-order chi connectivity index (χ1) is 10.2. The van der Waals surface area contributed by atoms with E-state index in [9.17, 15) is 0 Å². The maximum Gasteiger partial charge on any atom is 0.0331 e. The van der Waals surface area contributed by atoms with E-state index >= 15 is 0 Å². The second-order valence-corrected chi connectivity index (χ2v) is 7.46. The Balaban J connectivity index is 2.39. The van der Waals surface area contributed by atoms with Crippen LogP contribution in [0.2, 0.25) is 0 Å². The number of benzene rings is 1. The Morgan fingerprint density at radius 2 is 1.62 bits per heavy atom. The van der Waals surface area contributed by atoms with Crippen molar-refractivity contribution in [2.75, 3.05) is 6.54 Å². The lowest BCUT2D eigenvalue weighted by Crippen LogP contribution is -2.21. The molecule has 0 aliphatic carbocycles. The van der Waals surface area contributed by atoms with Crippen LogP contribution in [0.5, 0.6) is 0 Å². The summed E-state index contributed by atoms with van der Waals surface area (Å²) in [7, 11) is 0. The zero-order chi connectivity index (χ0) is 15.5. The number of hydrogen-bond acceptors (Lipinski definition) is 1. The van der Waals surface area contributed by atoms with Gasteiger partial charge in [0.15, 0.2) is 0 Å². The Labute approximate surface area is 147 Å². The first kappa shape index (κ1) is 19.2. The zero-order valence-electron chi connectivity index (χ0n) is 13.4. The third-order valence-corrected chi connectivity index (χ3v) is 5.06. The van der Waals surface area contributed by atoms with Crippen molar-refractivity contribution < 1.29 is 0 Å². The van der Waals surface area contributed by atoms with Gasteiger partial charge in [-0.05, 0) is 30.7 Å². The molecule has 0 spiro atoms. The third-order valence-electron chi connectivity index (χ3n) is 3.88. The molecule has 0 bridgehead atoms. The molecule has 0 radical (unpaired) electrons. The summed E-state index contributed by atoms with van der Waals surface area (Å²) >= 11 is 7.23. The Kier molecular flexibility index (Phi) is 10.7. The monoisotopic (exact) mass is 417 g/mol. The topological polar surface area (TPSA) is 12.0 Å². The van der Waals surface area contributed by atoms with Crippen LogP contribution < -0.4 is 5.32 Å². The Hall–Kier alpha value is 0.140. The SMILES string of the molecule is CCCCCCCCCC(NCC)c1ccc(Br)cc1Br. The molecule has 0 aromatic heterocycles. The van der Waals surface area contributed by atoms with Crippen molar-refractivity contribution in [1.29, 1.82) is 0 Å². The normalized spacial score (nSPS) is 12.6. The highest BCUT2D eigenvalue weighted by Gasteiger charge is 2.13. The molecule has 21 heavy (non-hydrogen) atoms. The molecule has 1 nitrogen and oxygen atoms in total. The van der Waals surface area contributed by atoms with Crippen molar-refractivity contribution in [2.45, 2.75) is 71.3 Å². The fourth-order valence-electron chi connectivity index (χ4n) is 2.70. The van der Waals surface area contributed by atoms with Crippen LogP contribution in [0.15, 0.2) is 27.1 Å². The van der Waals surface area contributed by atoms with Gasteiger partial charge in [-0.3, -0.25) is 0 Å². The summed E-state index contributed by atoms with van der Waals surface area (Å²) in [4.78, 5) is 0. The van der Waals surface area contributed by atoms with Gasteiger partial charge in [0.2, 0.25) is 0 Å². The van der Waals surface area contributed by atoms with E-state index in [0.717, 1.165) is 11.0 Å². The minimum Gasteiger partial charge on any atom is -0.310 e. The summed E-state index contributed by atoms with van der Waals surface area (Å²) in [6.45, 7) is 5.48. The van der Waals surface area contributed by atoms with Gasteiger partial charge in [0.1, 0.15) is 0 Å². The van der Waals surface area contributed by atoms with Gasteiger partial charge in [0.25, 0.3) is 0 Å². The van der Waals surface area contributed by atoms with Gasteiger partial charge in [-0.25, -0.2) is 0 Å². The molecule has 0 saturated heterocycles. The van der Waals surface area contributed by atoms with E-state index in [0.29, 0.717) is 6.04 Å². The minimum absolute atomic E-state index is 0.466. The van der Waals surface area contributed by atoms with Gasteiger partial charge in [0, 0.05) is 15.0 Å². The summed E-state index contributed by atoms with van der Waals surface area (Å²) in [6.07, 6.45) is 10.8. The lowest BCUT2D eigenvalue weighted by molar-refractivity contribution is 0.474. The summed E-state index contributed by atoms with van der Waals surface area (Å²) < 4.78 is 2.33. The smallest absolute Gasteiger partial charge is 0.0331 e. The lowest BCUT2D eigenvalue weighted by atomic mass is 9.99. The molecule has 120 valence electrons. The van der Waals surface area contributed by atoms with Crippen molar-refractivity contribution in [3.8, 4) is 0 Å². The Bertz CT molecular complexity index is 393. The molecular formula is C18H29Br2N. The number of hydrogen-bond donors (Lipinski definition) is 1. The quantitative estimate of drug-likeness (QED) is 0.381. The van der Waals surface area contributed by atoms with Crippen LogP contribution in [0.3, 0.4) is 0 Å². The average Bonchev–Trinajstić information content (AvgIpc) is 2.45. The van der Waals surface area contributed by atoms with E-state index in [1.165, 1.54) is 61.4 Å². The Morgan fingerprint density at radius 3 is 2.24 bits per heavy atom. The van der Waals surface area contributed by atoms with Crippen LogP contribution >= 0.6 is 31.9 Å². The third kappa shape index (κ3) is 7.80. The molecule has 1 aromatic rings. The van der Waals surface area contributed by atoms with E-state index in [1.807, 2.05) is 0 Å². The summed E-state index contributed by atoms with van der Waals surface area (Å²) in [6, 6.07) is 6.97. The highest BCUT2D eigenvalue weighted by Crippen LogP contribution is 2.29. The van der Waals surface area contributed by atoms with Crippen molar-refractivity contribution in [3.05, 3.63) is 32.7 Å². The second-order valence-electron chi connectivity index (χ2n) is 5.69. The van der Waals surface area contributed by atoms with E-state index < -0.39 is 0 Å². The summed E-state index contributed by atoms with van der Waals surface area (Å²) in [5.74, 6) is 0. The highest BCUT2D eigenvalue weighted by molar-refractivity contribution is 9.11. The van der Waals surface area contributed by atoms with Crippen LogP contribution in [-0.4, -0.2) is 6.54 Å². The first-order valence-electron chi connectivity index (χ1n) is 8.37. The highest BCUT2D eigenvalue weighted by atomic mass is 79.9. The van der Waals surface area contributed by atoms with Crippen LogP contribution in [0.25, 0.3) is 0 Å². The minimum atomic E-state index is 0.466. The van der Waals surface area contributed by atoms with Gasteiger partial charge < -0.3 is 5.32 Å². The largest absolute Gasteiger partial charge is 0.310 e. The predicted octanol–water partition coefficient (Wildman–Crippen LogP) is 7.00. The molecule has 0 fully saturated rings. The Morgan fingerprint density at radius 1 is 0.952 bits per heavy atom. The molecule has 0 aliphatic heterocycles. The maximum atomic E-state index is 3.70. The van der Waals surface area contributed by atoms with Gasteiger partial charge in [-0.15, -0.1) is 0 Å². The number of halogens is 2. The number of unbranched alkanes of at least 4 members (excludes halogenated alkanes) is 6. The van der Waals surface area contributed by atoms with Gasteiger partial charge in [-0.2, -0.15) is 0 Å². The first-order valence-corrected chi connectivity index (χ1v) is 9.96. The van der Waals surface area contributed by atoms with Crippen LogP contribution in [0.4, 0.5) is 0 Å². The molecule has 0 aliphatic rings. The molecule has 1 N–H and O–H groups in total. The van der Waals surface area contributed by atoms with Gasteiger partial charge >= 0.3 is 0 Å². The molecule has 1 aromatic carbocycles. The molecule has 1 atom stereocenters. The molecule has 0 heterocycles.